The second kappa shape index (κ2) is 64.4. The topological polar surface area (TPSA) is 95.9 Å². The van der Waals surface area contributed by atoms with Gasteiger partial charge in [0.2, 0.25) is 5.91 Å². The van der Waals surface area contributed by atoms with E-state index in [1.54, 1.807) is 0 Å². The number of esters is 1. The van der Waals surface area contributed by atoms with Crippen molar-refractivity contribution in [1.29, 1.82) is 0 Å². The van der Waals surface area contributed by atoms with E-state index < -0.39 is 12.1 Å². The quantitative estimate of drug-likeness (QED) is 0.0417. The second-order valence-electron chi connectivity index (χ2n) is 23.9. The summed E-state index contributed by atoms with van der Waals surface area (Å²) in [6.45, 7) is 4.99. The van der Waals surface area contributed by atoms with Gasteiger partial charge in [-0.1, -0.05) is 361 Å². The molecule has 1 amide bonds. The van der Waals surface area contributed by atoms with Gasteiger partial charge in [0.15, 0.2) is 0 Å². The lowest BCUT2D eigenvalue weighted by atomic mass is 10.0. The number of nitrogens with one attached hydrogen (secondary N) is 1. The predicted molar refractivity (Wildman–Crippen MR) is 324 cm³/mol. The first kappa shape index (κ1) is 72.9. The van der Waals surface area contributed by atoms with Crippen molar-refractivity contribution in [2.45, 2.75) is 411 Å². The van der Waals surface area contributed by atoms with E-state index in [9.17, 15) is 19.8 Å². The van der Waals surface area contributed by atoms with Gasteiger partial charge in [-0.3, -0.25) is 9.59 Å². The zero-order valence-electron chi connectivity index (χ0n) is 50.6. The minimum atomic E-state index is -0.659. The summed E-state index contributed by atoms with van der Waals surface area (Å²) < 4.78 is 5.50. The third-order valence-electron chi connectivity index (χ3n) is 16.4. The molecule has 0 saturated carbocycles. The van der Waals surface area contributed by atoms with Crippen LogP contribution in [0.15, 0.2) is 0 Å². The largest absolute Gasteiger partial charge is 0.466 e. The molecule has 6 heteroatoms. The number of rotatable bonds is 65. The normalized spacial score (nSPS) is 12.4. The smallest absolute Gasteiger partial charge is 0.305 e. The summed E-state index contributed by atoms with van der Waals surface area (Å²) >= 11 is 0. The van der Waals surface area contributed by atoms with Crippen LogP contribution in [0.1, 0.15) is 399 Å². The summed E-state index contributed by atoms with van der Waals surface area (Å²) in [6, 6.07) is -0.536. The fourth-order valence-corrected chi connectivity index (χ4v) is 11.2. The van der Waals surface area contributed by atoms with Gasteiger partial charge in [-0.05, 0) is 25.7 Å². The van der Waals surface area contributed by atoms with E-state index in [0.29, 0.717) is 25.9 Å². The molecular formula is C68H135NO5. The number of ether oxygens (including phenoxy) is 1. The van der Waals surface area contributed by atoms with E-state index in [1.165, 1.54) is 327 Å². The standard InChI is InChI=1S/C68H135NO5/c1-3-5-7-9-11-13-15-17-38-42-46-50-54-58-62-68(73)74-63-59-55-51-47-43-39-36-34-32-30-28-26-24-22-20-18-19-21-23-25-27-29-31-33-35-37-41-45-49-53-57-61-67(72)69-65(64-70)66(71)60-56-52-48-44-40-16-14-12-10-8-6-4-2/h65-66,70-71H,3-64H2,1-2H3,(H,69,72). The van der Waals surface area contributed by atoms with Crippen LogP contribution in [0.5, 0.6) is 0 Å². The van der Waals surface area contributed by atoms with Gasteiger partial charge in [-0.15, -0.1) is 0 Å². The van der Waals surface area contributed by atoms with Gasteiger partial charge in [0.1, 0.15) is 0 Å². The third-order valence-corrected chi connectivity index (χ3v) is 16.4. The number of hydrogen-bond acceptors (Lipinski definition) is 5. The Labute approximate surface area is 464 Å². The molecule has 2 unspecified atom stereocenters. The van der Waals surface area contributed by atoms with E-state index >= 15 is 0 Å². The maximum absolute atomic E-state index is 12.5. The first-order valence-electron chi connectivity index (χ1n) is 34.3. The molecule has 2 atom stereocenters. The molecule has 6 nitrogen and oxygen atoms in total. The Morgan fingerprint density at radius 2 is 0.554 bits per heavy atom. The van der Waals surface area contributed by atoms with Gasteiger partial charge in [0.05, 0.1) is 25.4 Å². The highest BCUT2D eigenvalue weighted by atomic mass is 16.5. The molecule has 0 heterocycles. The Kier molecular flexibility index (Phi) is 63.4. The molecule has 0 aliphatic carbocycles. The molecule has 0 aliphatic rings. The van der Waals surface area contributed by atoms with Crippen molar-refractivity contribution in [3.8, 4) is 0 Å². The molecule has 0 spiro atoms. The van der Waals surface area contributed by atoms with E-state index in [0.717, 1.165) is 38.5 Å². The average Bonchev–Trinajstić information content (AvgIpc) is 3.40. The Hall–Kier alpha value is -1.14. The summed E-state index contributed by atoms with van der Waals surface area (Å²) in [6.07, 6.45) is 77.3. The zero-order valence-corrected chi connectivity index (χ0v) is 50.6. The summed E-state index contributed by atoms with van der Waals surface area (Å²) in [5.74, 6) is -0.00464. The minimum absolute atomic E-state index is 0.0239. The lowest BCUT2D eigenvalue weighted by Gasteiger charge is -2.22. The van der Waals surface area contributed by atoms with Gasteiger partial charge in [-0.2, -0.15) is 0 Å². The summed E-state index contributed by atoms with van der Waals surface area (Å²) in [5, 5.41) is 23.3. The predicted octanol–water partition coefficient (Wildman–Crippen LogP) is 21.8. The van der Waals surface area contributed by atoms with Crippen LogP contribution in [0.4, 0.5) is 0 Å². The van der Waals surface area contributed by atoms with Crippen LogP contribution in [0.25, 0.3) is 0 Å². The highest BCUT2D eigenvalue weighted by molar-refractivity contribution is 5.76. The molecule has 0 bridgehead atoms. The van der Waals surface area contributed by atoms with Crippen molar-refractivity contribution in [1.82, 2.24) is 5.32 Å². The first-order valence-corrected chi connectivity index (χ1v) is 34.3. The van der Waals surface area contributed by atoms with Crippen molar-refractivity contribution in [2.75, 3.05) is 13.2 Å². The van der Waals surface area contributed by atoms with Crippen molar-refractivity contribution >= 4 is 11.9 Å². The van der Waals surface area contributed by atoms with E-state index in [2.05, 4.69) is 19.2 Å². The van der Waals surface area contributed by atoms with Gasteiger partial charge in [0, 0.05) is 12.8 Å². The number of carbonyl (C=O) groups excluding carboxylic acids is 2. The molecule has 0 rings (SSSR count). The fraction of sp³-hybridized carbons (Fsp3) is 0.971. The maximum atomic E-state index is 12.5. The van der Waals surface area contributed by atoms with Gasteiger partial charge in [-0.25, -0.2) is 0 Å². The second-order valence-corrected chi connectivity index (χ2v) is 23.9. The van der Waals surface area contributed by atoms with Crippen LogP contribution in [0.2, 0.25) is 0 Å². The Morgan fingerprint density at radius 1 is 0.324 bits per heavy atom. The number of aliphatic hydroxyl groups is 2. The third kappa shape index (κ3) is 60.1. The van der Waals surface area contributed by atoms with Crippen LogP contribution < -0.4 is 5.32 Å². The first-order chi connectivity index (χ1) is 36.5. The monoisotopic (exact) mass is 1050 g/mol. The van der Waals surface area contributed by atoms with E-state index in [-0.39, 0.29) is 18.5 Å². The van der Waals surface area contributed by atoms with Crippen LogP contribution >= 0.6 is 0 Å². The lowest BCUT2D eigenvalue weighted by Crippen LogP contribution is -2.45. The zero-order chi connectivity index (χ0) is 53.6. The number of hydrogen-bond donors (Lipinski definition) is 3. The molecule has 3 N–H and O–H groups in total. The summed E-state index contributed by atoms with van der Waals surface area (Å²) in [7, 11) is 0. The molecule has 0 radical (unpaired) electrons. The fourth-order valence-electron chi connectivity index (χ4n) is 11.2. The number of unbranched alkanes of at least 4 members (excludes halogenated alkanes) is 54. The Balaban J connectivity index is 3.29. The average molecular weight is 1050 g/mol. The van der Waals surface area contributed by atoms with Crippen LogP contribution in [0.3, 0.4) is 0 Å². The summed E-state index contributed by atoms with van der Waals surface area (Å²) in [4.78, 5) is 24.5. The lowest BCUT2D eigenvalue weighted by molar-refractivity contribution is -0.143. The minimum Gasteiger partial charge on any atom is -0.466 e. The number of carbonyl (C=O) groups is 2. The van der Waals surface area contributed by atoms with Crippen molar-refractivity contribution in [3.63, 3.8) is 0 Å². The van der Waals surface area contributed by atoms with Crippen LogP contribution in [-0.2, 0) is 14.3 Å². The number of aliphatic hydroxyl groups excluding tert-OH is 2. The van der Waals surface area contributed by atoms with Gasteiger partial charge in [0.25, 0.3) is 0 Å². The van der Waals surface area contributed by atoms with E-state index in [4.69, 9.17) is 4.74 Å². The van der Waals surface area contributed by atoms with Crippen LogP contribution in [0, 0.1) is 0 Å². The van der Waals surface area contributed by atoms with Gasteiger partial charge >= 0.3 is 5.97 Å². The highest BCUT2D eigenvalue weighted by Crippen LogP contribution is 2.19. The molecule has 0 aromatic carbocycles. The molecule has 74 heavy (non-hydrogen) atoms. The molecule has 0 fully saturated rings. The molecule has 0 aliphatic heterocycles. The van der Waals surface area contributed by atoms with Crippen molar-refractivity contribution in [2.24, 2.45) is 0 Å². The Morgan fingerprint density at radius 3 is 0.824 bits per heavy atom. The maximum Gasteiger partial charge on any atom is 0.305 e. The molecule has 0 aromatic rings. The van der Waals surface area contributed by atoms with Crippen molar-refractivity contribution in [3.05, 3.63) is 0 Å². The van der Waals surface area contributed by atoms with Crippen LogP contribution in [-0.4, -0.2) is 47.4 Å². The summed E-state index contributed by atoms with van der Waals surface area (Å²) in [5.41, 5.74) is 0. The SMILES string of the molecule is CCCCCCCCCCCCCCCCC(=O)OCCCCCCCCCCCCCCCCCCCCCCCCCCCCCCCCCC(=O)NC(CO)C(O)CCCCCCCCCCCCCC. The van der Waals surface area contributed by atoms with Crippen molar-refractivity contribution < 1.29 is 24.5 Å². The molecule has 0 aromatic heterocycles. The molecule has 442 valence electrons. The number of amides is 1. The Bertz CT molecular complexity index is 1070. The van der Waals surface area contributed by atoms with E-state index in [1.807, 2.05) is 0 Å². The molecular weight excluding hydrogens is 911 g/mol. The highest BCUT2D eigenvalue weighted by Gasteiger charge is 2.20. The molecule has 0 saturated heterocycles. The van der Waals surface area contributed by atoms with Gasteiger partial charge < -0.3 is 20.3 Å².